The fourth-order valence-electron chi connectivity index (χ4n) is 4.39. The van der Waals surface area contributed by atoms with Crippen LogP contribution in [-0.4, -0.2) is 79.6 Å². The first-order valence-electron chi connectivity index (χ1n) is 13.4. The number of rotatable bonds is 12. The van der Waals surface area contributed by atoms with Crippen LogP contribution in [0.3, 0.4) is 0 Å². The average Bonchev–Trinajstić information content (AvgIpc) is 2.92. The molecule has 0 spiro atoms. The second kappa shape index (κ2) is 15.1. The molecule has 37 heavy (non-hydrogen) atoms. The average molecular weight is 507 g/mol. The third kappa shape index (κ3) is 9.25. The summed E-state index contributed by atoms with van der Waals surface area (Å²) in [5.74, 6) is 1.03. The number of unbranched alkanes of at least 4 members (excludes halogenated alkanes) is 2. The number of carbonyl (C=O) groups is 2. The van der Waals surface area contributed by atoms with E-state index in [1.807, 2.05) is 77.4 Å². The number of hydrogen-bond acceptors (Lipinski definition) is 4. The molecule has 2 aromatic carbocycles. The number of anilines is 1. The summed E-state index contributed by atoms with van der Waals surface area (Å²) in [5.41, 5.74) is 2.99. The maximum Gasteiger partial charge on any atom is 0.321 e. The van der Waals surface area contributed by atoms with Gasteiger partial charge in [0.2, 0.25) is 5.91 Å². The Kier molecular flexibility index (Phi) is 11.5. The molecule has 0 aliphatic carbocycles. The lowest BCUT2D eigenvalue weighted by atomic mass is 10.1. The van der Waals surface area contributed by atoms with Gasteiger partial charge in [0.1, 0.15) is 5.75 Å². The van der Waals surface area contributed by atoms with Gasteiger partial charge in [0.15, 0.2) is 0 Å². The summed E-state index contributed by atoms with van der Waals surface area (Å²) < 4.78 is 5.44. The molecule has 7 nitrogen and oxygen atoms in total. The van der Waals surface area contributed by atoms with Gasteiger partial charge in [-0.1, -0.05) is 67.8 Å². The fraction of sp³-hybridized carbons (Fsp3) is 0.467. The molecule has 0 bridgehead atoms. The molecule has 0 unspecified atom stereocenters. The quantitative estimate of drug-likeness (QED) is 0.398. The molecule has 1 heterocycles. The van der Waals surface area contributed by atoms with E-state index in [-0.39, 0.29) is 11.9 Å². The van der Waals surface area contributed by atoms with Crippen molar-refractivity contribution in [2.24, 2.45) is 0 Å². The van der Waals surface area contributed by atoms with Crippen LogP contribution in [0.4, 0.5) is 10.5 Å². The zero-order valence-electron chi connectivity index (χ0n) is 22.6. The Morgan fingerprint density at radius 2 is 1.76 bits per heavy atom. The van der Waals surface area contributed by atoms with E-state index in [4.69, 9.17) is 4.74 Å². The second-order valence-electron chi connectivity index (χ2n) is 9.57. The molecule has 3 amide bonds. The summed E-state index contributed by atoms with van der Waals surface area (Å²) >= 11 is 0. The minimum atomic E-state index is -0.0577. The number of para-hydroxylation sites is 1. The molecule has 0 saturated carbocycles. The van der Waals surface area contributed by atoms with Crippen LogP contribution >= 0.6 is 0 Å². The Labute approximate surface area is 222 Å². The zero-order chi connectivity index (χ0) is 26.5. The van der Waals surface area contributed by atoms with Gasteiger partial charge in [0, 0.05) is 63.5 Å². The van der Waals surface area contributed by atoms with Crippen LogP contribution in [0.25, 0.3) is 6.08 Å². The molecule has 1 aliphatic rings. The first-order chi connectivity index (χ1) is 18.0. The van der Waals surface area contributed by atoms with Gasteiger partial charge in [-0.15, -0.1) is 0 Å². The van der Waals surface area contributed by atoms with E-state index < -0.39 is 0 Å². The molecule has 3 rings (SSSR count). The highest BCUT2D eigenvalue weighted by Crippen LogP contribution is 2.19. The maximum atomic E-state index is 13.0. The number of nitrogens with zero attached hydrogens (tertiary/aromatic N) is 3. The third-order valence-electron chi connectivity index (χ3n) is 6.76. The third-order valence-corrected chi connectivity index (χ3v) is 6.76. The lowest BCUT2D eigenvalue weighted by Gasteiger charge is -2.35. The number of aryl methyl sites for hydroxylation is 1. The van der Waals surface area contributed by atoms with Gasteiger partial charge in [-0.3, -0.25) is 9.69 Å². The van der Waals surface area contributed by atoms with E-state index in [0.29, 0.717) is 32.6 Å². The van der Waals surface area contributed by atoms with Crippen LogP contribution in [0.1, 0.15) is 43.7 Å². The zero-order valence-corrected chi connectivity index (χ0v) is 22.6. The summed E-state index contributed by atoms with van der Waals surface area (Å²) in [6, 6.07) is 15.7. The number of amides is 3. The summed E-state index contributed by atoms with van der Waals surface area (Å²) in [5, 5.41) is 2.99. The summed E-state index contributed by atoms with van der Waals surface area (Å²) in [4.78, 5) is 31.8. The fourth-order valence-corrected chi connectivity index (χ4v) is 4.39. The molecule has 7 heteroatoms. The topological polar surface area (TPSA) is 65.1 Å². The number of hydrogen-bond donors (Lipinski definition) is 1. The molecule has 0 radical (unpaired) electrons. The standard InChI is InChI=1S/C30H42N4O3/c1-4-5-6-13-29(35)33(18-9-11-26-10-7-8-12-28(26)37-3)22-19-32-20-23-34(24-21-32)30(36)31-27-16-14-25(2)15-17-27/h7-12,14-17H,4-6,13,18-24H2,1-3H3,(H,31,36)/b11-9+. The highest BCUT2D eigenvalue weighted by molar-refractivity contribution is 5.89. The van der Waals surface area contributed by atoms with Crippen molar-refractivity contribution in [3.05, 3.63) is 65.7 Å². The number of urea groups is 1. The SMILES string of the molecule is CCCCCC(=O)N(C/C=C/c1ccccc1OC)CCN1CCN(C(=O)Nc2ccc(C)cc2)CC1. The highest BCUT2D eigenvalue weighted by atomic mass is 16.5. The first kappa shape index (κ1) is 28.3. The Balaban J connectivity index is 1.50. The molecule has 1 fully saturated rings. The van der Waals surface area contributed by atoms with Crippen LogP contribution in [-0.2, 0) is 4.79 Å². The molecule has 0 atom stereocenters. The second-order valence-corrected chi connectivity index (χ2v) is 9.57. The van der Waals surface area contributed by atoms with Crippen molar-refractivity contribution in [1.29, 1.82) is 0 Å². The molecule has 2 aromatic rings. The van der Waals surface area contributed by atoms with E-state index in [9.17, 15) is 9.59 Å². The Bertz CT molecular complexity index is 1010. The van der Waals surface area contributed by atoms with Crippen molar-refractivity contribution in [2.45, 2.75) is 39.5 Å². The number of benzene rings is 2. The van der Waals surface area contributed by atoms with Gasteiger partial charge >= 0.3 is 6.03 Å². The van der Waals surface area contributed by atoms with Gasteiger partial charge < -0.3 is 19.9 Å². The molecular weight excluding hydrogens is 464 g/mol. The van der Waals surface area contributed by atoms with Crippen molar-refractivity contribution in [2.75, 3.05) is 58.2 Å². The van der Waals surface area contributed by atoms with Gasteiger partial charge in [0.25, 0.3) is 0 Å². The monoisotopic (exact) mass is 506 g/mol. The van der Waals surface area contributed by atoms with Crippen molar-refractivity contribution >= 4 is 23.7 Å². The lowest BCUT2D eigenvalue weighted by Crippen LogP contribution is -2.51. The number of methoxy groups -OCH3 is 1. The van der Waals surface area contributed by atoms with Crippen molar-refractivity contribution in [3.63, 3.8) is 0 Å². The van der Waals surface area contributed by atoms with E-state index in [2.05, 4.69) is 17.1 Å². The number of nitrogens with one attached hydrogen (secondary N) is 1. The molecule has 1 aliphatic heterocycles. The maximum absolute atomic E-state index is 13.0. The van der Waals surface area contributed by atoms with Gasteiger partial charge in [-0.05, 0) is 31.5 Å². The summed E-state index contributed by atoms with van der Waals surface area (Å²) in [6.45, 7) is 9.19. The molecule has 200 valence electrons. The van der Waals surface area contributed by atoms with Crippen LogP contribution in [0, 0.1) is 6.92 Å². The van der Waals surface area contributed by atoms with Gasteiger partial charge in [0.05, 0.1) is 7.11 Å². The minimum Gasteiger partial charge on any atom is -0.496 e. The normalized spacial score (nSPS) is 14.1. The predicted molar refractivity (Wildman–Crippen MR) is 151 cm³/mol. The Morgan fingerprint density at radius 3 is 2.46 bits per heavy atom. The van der Waals surface area contributed by atoms with E-state index >= 15 is 0 Å². The summed E-state index contributed by atoms with van der Waals surface area (Å²) in [7, 11) is 1.67. The van der Waals surface area contributed by atoms with Crippen molar-refractivity contribution in [1.82, 2.24) is 14.7 Å². The van der Waals surface area contributed by atoms with Crippen LogP contribution in [0.2, 0.25) is 0 Å². The molecule has 1 N–H and O–H groups in total. The van der Waals surface area contributed by atoms with Crippen LogP contribution < -0.4 is 10.1 Å². The summed E-state index contributed by atoms with van der Waals surface area (Å²) in [6.07, 6.45) is 7.76. The number of carbonyl (C=O) groups excluding carboxylic acids is 2. The molecule has 0 aromatic heterocycles. The lowest BCUT2D eigenvalue weighted by molar-refractivity contribution is -0.131. The largest absolute Gasteiger partial charge is 0.496 e. The van der Waals surface area contributed by atoms with E-state index in [0.717, 1.165) is 55.9 Å². The highest BCUT2D eigenvalue weighted by Gasteiger charge is 2.22. The first-order valence-corrected chi connectivity index (χ1v) is 13.4. The molecule has 1 saturated heterocycles. The van der Waals surface area contributed by atoms with Gasteiger partial charge in [-0.2, -0.15) is 0 Å². The number of ether oxygens (including phenoxy) is 1. The minimum absolute atomic E-state index is 0.0577. The Morgan fingerprint density at radius 1 is 1.03 bits per heavy atom. The van der Waals surface area contributed by atoms with Crippen molar-refractivity contribution < 1.29 is 14.3 Å². The molecular formula is C30H42N4O3. The van der Waals surface area contributed by atoms with Crippen LogP contribution in [0.15, 0.2) is 54.6 Å². The smallest absolute Gasteiger partial charge is 0.321 e. The van der Waals surface area contributed by atoms with E-state index in [1.54, 1.807) is 7.11 Å². The van der Waals surface area contributed by atoms with Gasteiger partial charge in [-0.25, -0.2) is 4.79 Å². The van der Waals surface area contributed by atoms with Crippen molar-refractivity contribution in [3.8, 4) is 5.75 Å². The number of piperazine rings is 1. The predicted octanol–water partition coefficient (Wildman–Crippen LogP) is 5.28. The van der Waals surface area contributed by atoms with E-state index in [1.165, 1.54) is 5.56 Å². The van der Waals surface area contributed by atoms with Crippen LogP contribution in [0.5, 0.6) is 5.75 Å². The Hall–Kier alpha value is -3.32.